The Hall–Kier alpha value is -0.0800. The fraction of sp³-hybridized carbons (Fsp3) is 1.00. The highest BCUT2D eigenvalue weighted by Crippen LogP contribution is 2.30. The van der Waals surface area contributed by atoms with E-state index in [1.165, 1.54) is 70.8 Å². The van der Waals surface area contributed by atoms with E-state index in [2.05, 4.69) is 18.7 Å². The molecule has 0 heterocycles. The van der Waals surface area contributed by atoms with Gasteiger partial charge in [-0.05, 0) is 31.6 Å². The highest BCUT2D eigenvalue weighted by molar-refractivity contribution is 4.89. The molecule has 2 aliphatic carbocycles. The van der Waals surface area contributed by atoms with Crippen molar-refractivity contribution in [3.8, 4) is 0 Å². The Morgan fingerprint density at radius 3 is 2.11 bits per heavy atom. The Kier molecular flexibility index (Phi) is 6.15. The molecular formula is C17H34N2. The molecule has 2 fully saturated rings. The SMILES string of the molecule is CC(C)CN(C1CCCC1)C1CCCCCCC1N. The Labute approximate surface area is 120 Å². The highest BCUT2D eigenvalue weighted by Gasteiger charge is 2.32. The van der Waals surface area contributed by atoms with Crippen molar-refractivity contribution < 1.29 is 0 Å². The molecule has 2 aliphatic rings. The molecule has 0 aromatic rings. The van der Waals surface area contributed by atoms with Crippen molar-refractivity contribution >= 4 is 0 Å². The first-order valence-corrected chi connectivity index (χ1v) is 8.70. The summed E-state index contributed by atoms with van der Waals surface area (Å²) in [5.41, 5.74) is 6.55. The number of hydrogen-bond donors (Lipinski definition) is 1. The molecule has 2 saturated carbocycles. The topological polar surface area (TPSA) is 29.3 Å². The molecular weight excluding hydrogens is 232 g/mol. The summed E-state index contributed by atoms with van der Waals surface area (Å²) in [6, 6.07) is 1.91. The fourth-order valence-electron chi connectivity index (χ4n) is 4.12. The third-order valence-corrected chi connectivity index (χ3v) is 5.08. The second-order valence-electron chi connectivity index (χ2n) is 7.25. The lowest BCUT2D eigenvalue weighted by molar-refractivity contribution is 0.0865. The quantitative estimate of drug-likeness (QED) is 0.835. The lowest BCUT2D eigenvalue weighted by atomic mass is 9.90. The normalized spacial score (nSPS) is 30.8. The Morgan fingerprint density at radius 2 is 1.47 bits per heavy atom. The van der Waals surface area contributed by atoms with Gasteiger partial charge in [-0.25, -0.2) is 0 Å². The van der Waals surface area contributed by atoms with E-state index in [0.29, 0.717) is 12.1 Å². The summed E-state index contributed by atoms with van der Waals surface area (Å²) in [7, 11) is 0. The van der Waals surface area contributed by atoms with Crippen LogP contribution in [-0.4, -0.2) is 29.6 Å². The average molecular weight is 266 g/mol. The molecule has 112 valence electrons. The van der Waals surface area contributed by atoms with Crippen LogP contribution >= 0.6 is 0 Å². The standard InChI is InChI=1S/C17H34N2/c1-14(2)13-19(15-9-7-8-10-15)17-12-6-4-3-5-11-16(17)18/h14-17H,3-13,18H2,1-2H3. The van der Waals surface area contributed by atoms with Gasteiger partial charge in [-0.2, -0.15) is 0 Å². The van der Waals surface area contributed by atoms with Gasteiger partial charge in [0.15, 0.2) is 0 Å². The minimum absolute atomic E-state index is 0.416. The van der Waals surface area contributed by atoms with E-state index < -0.39 is 0 Å². The van der Waals surface area contributed by atoms with Crippen molar-refractivity contribution in [2.24, 2.45) is 11.7 Å². The van der Waals surface area contributed by atoms with Crippen LogP contribution in [0.3, 0.4) is 0 Å². The first kappa shape index (κ1) is 15.3. The van der Waals surface area contributed by atoms with Crippen molar-refractivity contribution in [1.29, 1.82) is 0 Å². The molecule has 0 aromatic carbocycles. The van der Waals surface area contributed by atoms with Crippen molar-refractivity contribution in [3.63, 3.8) is 0 Å². The first-order valence-electron chi connectivity index (χ1n) is 8.70. The molecule has 2 unspecified atom stereocenters. The molecule has 0 aliphatic heterocycles. The Balaban J connectivity index is 2.04. The first-order chi connectivity index (χ1) is 9.18. The molecule has 2 nitrogen and oxygen atoms in total. The van der Waals surface area contributed by atoms with E-state index in [-0.39, 0.29) is 0 Å². The van der Waals surface area contributed by atoms with Crippen LogP contribution < -0.4 is 5.73 Å². The lowest BCUT2D eigenvalue weighted by Crippen LogP contribution is -2.53. The van der Waals surface area contributed by atoms with Crippen LogP contribution in [0.2, 0.25) is 0 Å². The zero-order valence-electron chi connectivity index (χ0n) is 13.1. The molecule has 0 radical (unpaired) electrons. The third-order valence-electron chi connectivity index (χ3n) is 5.08. The summed E-state index contributed by atoms with van der Waals surface area (Å²) in [6.45, 7) is 5.97. The van der Waals surface area contributed by atoms with Crippen molar-refractivity contribution in [1.82, 2.24) is 4.90 Å². The second-order valence-corrected chi connectivity index (χ2v) is 7.25. The minimum atomic E-state index is 0.416. The monoisotopic (exact) mass is 266 g/mol. The zero-order chi connectivity index (χ0) is 13.7. The van der Waals surface area contributed by atoms with Gasteiger partial charge in [0, 0.05) is 24.7 Å². The van der Waals surface area contributed by atoms with Gasteiger partial charge in [-0.3, -0.25) is 4.90 Å². The van der Waals surface area contributed by atoms with Gasteiger partial charge in [0.2, 0.25) is 0 Å². The summed E-state index contributed by atoms with van der Waals surface area (Å²) >= 11 is 0. The molecule has 19 heavy (non-hydrogen) atoms. The molecule has 2 N–H and O–H groups in total. The molecule has 0 bridgehead atoms. The lowest BCUT2D eigenvalue weighted by Gasteiger charge is -2.41. The van der Waals surface area contributed by atoms with E-state index in [1.54, 1.807) is 0 Å². The molecule has 0 saturated heterocycles. The van der Waals surface area contributed by atoms with Gasteiger partial charge in [0.25, 0.3) is 0 Å². The number of hydrogen-bond acceptors (Lipinski definition) is 2. The van der Waals surface area contributed by atoms with E-state index in [9.17, 15) is 0 Å². The summed E-state index contributed by atoms with van der Waals surface area (Å²) < 4.78 is 0. The average Bonchev–Trinajstić information content (AvgIpc) is 2.85. The van der Waals surface area contributed by atoms with E-state index in [4.69, 9.17) is 5.73 Å². The summed E-state index contributed by atoms with van der Waals surface area (Å²) in [6.07, 6.45) is 13.8. The molecule has 0 aromatic heterocycles. The Bertz CT molecular complexity index is 246. The van der Waals surface area contributed by atoms with Crippen LogP contribution in [0.15, 0.2) is 0 Å². The minimum Gasteiger partial charge on any atom is -0.326 e. The maximum Gasteiger partial charge on any atom is 0.0250 e. The van der Waals surface area contributed by atoms with Gasteiger partial charge in [0.05, 0.1) is 0 Å². The van der Waals surface area contributed by atoms with Crippen LogP contribution in [0, 0.1) is 5.92 Å². The number of rotatable bonds is 4. The second kappa shape index (κ2) is 7.64. The fourth-order valence-corrected chi connectivity index (χ4v) is 4.12. The van der Waals surface area contributed by atoms with Gasteiger partial charge >= 0.3 is 0 Å². The predicted octanol–water partition coefficient (Wildman–Crippen LogP) is 3.94. The maximum absolute atomic E-state index is 6.55. The largest absolute Gasteiger partial charge is 0.326 e. The van der Waals surface area contributed by atoms with Gasteiger partial charge in [-0.15, -0.1) is 0 Å². The molecule has 0 spiro atoms. The van der Waals surface area contributed by atoms with E-state index in [1.807, 2.05) is 0 Å². The molecule has 2 rings (SSSR count). The summed E-state index contributed by atoms with van der Waals surface area (Å²) in [5.74, 6) is 0.762. The molecule has 2 atom stereocenters. The van der Waals surface area contributed by atoms with E-state index >= 15 is 0 Å². The Morgan fingerprint density at radius 1 is 0.895 bits per heavy atom. The van der Waals surface area contributed by atoms with Crippen LogP contribution in [-0.2, 0) is 0 Å². The predicted molar refractivity (Wildman–Crippen MR) is 83.3 cm³/mol. The highest BCUT2D eigenvalue weighted by atomic mass is 15.2. The van der Waals surface area contributed by atoms with Gasteiger partial charge < -0.3 is 5.73 Å². The molecule has 0 amide bonds. The van der Waals surface area contributed by atoms with Gasteiger partial charge in [0.1, 0.15) is 0 Å². The zero-order valence-corrected chi connectivity index (χ0v) is 13.1. The van der Waals surface area contributed by atoms with E-state index in [0.717, 1.165) is 12.0 Å². The van der Waals surface area contributed by atoms with Crippen LogP contribution in [0.5, 0.6) is 0 Å². The van der Waals surface area contributed by atoms with Crippen LogP contribution in [0.1, 0.15) is 78.1 Å². The van der Waals surface area contributed by atoms with Crippen molar-refractivity contribution in [2.75, 3.05) is 6.54 Å². The summed E-state index contributed by atoms with van der Waals surface area (Å²) in [5, 5.41) is 0. The number of nitrogens with zero attached hydrogens (tertiary/aromatic N) is 1. The maximum atomic E-state index is 6.55. The number of nitrogens with two attached hydrogens (primary N) is 1. The molecule has 2 heteroatoms. The summed E-state index contributed by atoms with van der Waals surface area (Å²) in [4.78, 5) is 2.83. The third kappa shape index (κ3) is 4.46. The van der Waals surface area contributed by atoms with Crippen LogP contribution in [0.25, 0.3) is 0 Å². The van der Waals surface area contributed by atoms with Crippen molar-refractivity contribution in [2.45, 2.75) is 96.2 Å². The van der Waals surface area contributed by atoms with Crippen molar-refractivity contribution in [3.05, 3.63) is 0 Å². The smallest absolute Gasteiger partial charge is 0.0250 e. The van der Waals surface area contributed by atoms with Crippen LogP contribution in [0.4, 0.5) is 0 Å². The van der Waals surface area contributed by atoms with Gasteiger partial charge in [-0.1, -0.05) is 52.4 Å².